The molecule has 0 aromatic heterocycles. The van der Waals surface area contributed by atoms with E-state index in [0.29, 0.717) is 5.75 Å². The summed E-state index contributed by atoms with van der Waals surface area (Å²) in [6, 6.07) is 25.9. The van der Waals surface area contributed by atoms with Crippen LogP contribution in [0.2, 0.25) is 0 Å². The van der Waals surface area contributed by atoms with Gasteiger partial charge < -0.3 is 19.8 Å². The van der Waals surface area contributed by atoms with E-state index in [1.54, 1.807) is 22.8 Å². The maximum atomic E-state index is 9.73. The molecule has 0 radical (unpaired) electrons. The molecule has 0 spiro atoms. The minimum Gasteiger partial charge on any atom is -0.508 e. The second-order valence-corrected chi connectivity index (χ2v) is 19.8. The van der Waals surface area contributed by atoms with Crippen molar-refractivity contribution in [3.8, 4) is 5.75 Å². The molecule has 1 N–H and O–H groups in total. The van der Waals surface area contributed by atoms with E-state index in [-0.39, 0.29) is 12.4 Å². The van der Waals surface area contributed by atoms with Gasteiger partial charge in [-0.2, -0.15) is 0 Å². The van der Waals surface area contributed by atoms with Crippen molar-refractivity contribution in [2.45, 2.75) is 78.1 Å². The SMILES string of the molecule is CN(C)CC1=C(c2cccc(O)c2)C[C@@H]2CC[C@H]1C2.Cc1cccc(C2=C[C@@H]3CC[C@@H](C3)[C@@H]2CN(C)C)c1.Cc1cccc(C2=C[C@@H]3CC[C@@H](C3)[C@@H]2CN(C)C)c1.Cl. The minimum atomic E-state index is 0. The van der Waals surface area contributed by atoms with Crippen molar-refractivity contribution in [1.29, 1.82) is 0 Å². The first kappa shape index (κ1) is 44.4. The van der Waals surface area contributed by atoms with Crippen LogP contribution in [0.15, 0.2) is 90.5 Å². The maximum absolute atomic E-state index is 9.73. The smallest absolute Gasteiger partial charge is 0.116 e. The fourth-order valence-electron chi connectivity index (χ4n) is 11.8. The molecule has 6 aliphatic rings. The van der Waals surface area contributed by atoms with Crippen molar-refractivity contribution in [3.05, 3.63) is 118 Å². The van der Waals surface area contributed by atoms with Crippen LogP contribution >= 0.6 is 12.4 Å². The summed E-state index contributed by atoms with van der Waals surface area (Å²) in [5.74, 6) is 7.00. The van der Waals surface area contributed by atoms with Gasteiger partial charge in [0.05, 0.1) is 0 Å². The van der Waals surface area contributed by atoms with Crippen LogP contribution < -0.4 is 0 Å². The molecule has 8 atom stereocenters. The summed E-state index contributed by atoms with van der Waals surface area (Å²) >= 11 is 0. The first-order valence-electron chi connectivity index (χ1n) is 22.4. The molecule has 6 bridgehead atoms. The summed E-state index contributed by atoms with van der Waals surface area (Å²) in [5.41, 5.74) is 13.3. The van der Waals surface area contributed by atoms with Gasteiger partial charge in [0.25, 0.3) is 0 Å². The number of halogens is 1. The number of aryl methyl sites for hydroxylation is 2. The zero-order valence-corrected chi connectivity index (χ0v) is 37.9. The number of rotatable bonds is 9. The van der Waals surface area contributed by atoms with E-state index < -0.39 is 0 Å². The number of nitrogens with zero attached hydrogens (tertiary/aromatic N) is 3. The van der Waals surface area contributed by atoms with Gasteiger partial charge in [-0.25, -0.2) is 0 Å². The number of hydrogen-bond donors (Lipinski definition) is 1. The third-order valence-electron chi connectivity index (χ3n) is 14.2. The lowest BCUT2D eigenvalue weighted by Gasteiger charge is -2.32. The van der Waals surface area contributed by atoms with Crippen LogP contribution in [0.5, 0.6) is 5.75 Å². The van der Waals surface area contributed by atoms with Crippen LogP contribution in [0, 0.1) is 61.2 Å². The van der Waals surface area contributed by atoms with E-state index >= 15 is 0 Å². The van der Waals surface area contributed by atoms with Crippen molar-refractivity contribution in [1.82, 2.24) is 14.7 Å². The number of likely N-dealkylation sites (N-methyl/N-ethyl adjacent to an activating group) is 1. The van der Waals surface area contributed by atoms with Crippen LogP contribution in [0.1, 0.15) is 92.0 Å². The lowest BCUT2D eigenvalue weighted by Crippen LogP contribution is -2.29. The van der Waals surface area contributed by atoms with Gasteiger partial charge in [0, 0.05) is 19.6 Å². The average molecular weight is 805 g/mol. The molecule has 58 heavy (non-hydrogen) atoms. The number of allylic oxidation sites excluding steroid dienone is 3. The van der Waals surface area contributed by atoms with Gasteiger partial charge >= 0.3 is 0 Å². The molecule has 3 saturated carbocycles. The summed E-state index contributed by atoms with van der Waals surface area (Å²) in [5, 5.41) is 9.73. The standard InChI is InChI=1S/2C18H25N.C17H23NO.ClH/c2*1-13-5-4-6-15(9-13)17-11-14-7-8-16(10-14)18(17)12-19(2)3;1-18(2)11-17-14-7-6-12(8-14)9-16(17)13-4-3-5-15(19)10-13;/h2*4-6,9,11,14,16,18H,7-8,10,12H2,1-3H3;3-5,10,12,14,19H,6-9,11H2,1-2H3;1H/t2*14-,16+,18+;12-,14+;/m111./s1. The lowest BCUT2D eigenvalue weighted by atomic mass is 9.76. The monoisotopic (exact) mass is 804 g/mol. The van der Waals surface area contributed by atoms with Gasteiger partial charge in [0.1, 0.15) is 5.75 Å². The van der Waals surface area contributed by atoms with E-state index in [9.17, 15) is 5.11 Å². The number of hydrogen-bond acceptors (Lipinski definition) is 4. The Labute approximate surface area is 358 Å². The van der Waals surface area contributed by atoms with Gasteiger partial charge in [0.2, 0.25) is 0 Å². The van der Waals surface area contributed by atoms with E-state index in [0.717, 1.165) is 53.9 Å². The van der Waals surface area contributed by atoms with Crippen molar-refractivity contribution in [2.24, 2.45) is 47.3 Å². The van der Waals surface area contributed by atoms with Gasteiger partial charge in [-0.15, -0.1) is 12.4 Å². The Bertz CT molecular complexity index is 1830. The van der Waals surface area contributed by atoms with Gasteiger partial charge in [-0.3, -0.25) is 0 Å². The quantitative estimate of drug-likeness (QED) is 0.233. The van der Waals surface area contributed by atoms with Crippen LogP contribution in [-0.2, 0) is 0 Å². The zero-order valence-electron chi connectivity index (χ0n) is 37.1. The molecule has 0 aliphatic heterocycles. The van der Waals surface area contributed by atoms with Crippen LogP contribution in [0.4, 0.5) is 0 Å². The van der Waals surface area contributed by atoms with E-state index in [4.69, 9.17) is 0 Å². The Morgan fingerprint density at radius 2 is 1.09 bits per heavy atom. The predicted molar refractivity (Wildman–Crippen MR) is 250 cm³/mol. The Morgan fingerprint density at radius 3 is 1.57 bits per heavy atom. The second kappa shape index (κ2) is 19.9. The highest BCUT2D eigenvalue weighted by atomic mass is 35.5. The summed E-state index contributed by atoms with van der Waals surface area (Å²) in [7, 11) is 13.1. The Kier molecular flexibility index (Phi) is 15.3. The molecule has 3 aromatic rings. The minimum absolute atomic E-state index is 0. The van der Waals surface area contributed by atoms with Gasteiger partial charge in [-0.1, -0.05) is 83.9 Å². The Hall–Kier alpha value is -3.15. The lowest BCUT2D eigenvalue weighted by molar-refractivity contribution is 0.289. The molecule has 5 heteroatoms. The Morgan fingerprint density at radius 1 is 0.569 bits per heavy atom. The van der Waals surface area contributed by atoms with E-state index in [2.05, 4.69) is 138 Å². The first-order chi connectivity index (χ1) is 27.4. The van der Waals surface area contributed by atoms with Crippen molar-refractivity contribution < 1.29 is 5.11 Å². The number of phenolic OH excluding ortho intramolecular Hbond substituents is 1. The topological polar surface area (TPSA) is 30.0 Å². The van der Waals surface area contributed by atoms with Gasteiger partial charge in [0.15, 0.2) is 0 Å². The number of fused-ring (bicyclic) bond motifs is 6. The molecule has 9 rings (SSSR count). The van der Waals surface area contributed by atoms with E-state index in [1.165, 1.54) is 111 Å². The number of aromatic hydroxyl groups is 1. The van der Waals surface area contributed by atoms with E-state index in [1.807, 2.05) is 12.1 Å². The molecule has 0 saturated heterocycles. The highest BCUT2D eigenvalue weighted by Gasteiger charge is 2.39. The van der Waals surface area contributed by atoms with Crippen LogP contribution in [0.25, 0.3) is 16.7 Å². The van der Waals surface area contributed by atoms with Crippen molar-refractivity contribution in [3.63, 3.8) is 0 Å². The summed E-state index contributed by atoms with van der Waals surface area (Å²) in [6.07, 6.45) is 19.0. The molecule has 4 nitrogen and oxygen atoms in total. The van der Waals surface area contributed by atoms with Crippen LogP contribution in [0.3, 0.4) is 0 Å². The largest absolute Gasteiger partial charge is 0.508 e. The predicted octanol–water partition coefficient (Wildman–Crippen LogP) is 11.9. The molecular formula is C53H74ClN3O. The van der Waals surface area contributed by atoms with Crippen molar-refractivity contribution in [2.75, 3.05) is 61.9 Å². The summed E-state index contributed by atoms with van der Waals surface area (Å²) in [6.45, 7) is 7.83. The van der Waals surface area contributed by atoms with Crippen LogP contribution in [-0.4, -0.2) is 81.7 Å². The van der Waals surface area contributed by atoms with Crippen molar-refractivity contribution >= 4 is 29.1 Å². The molecule has 314 valence electrons. The molecule has 3 fully saturated rings. The molecule has 0 heterocycles. The highest BCUT2D eigenvalue weighted by molar-refractivity contribution is 5.85. The third kappa shape index (κ3) is 11.0. The van der Waals surface area contributed by atoms with Gasteiger partial charge in [-0.05, 0) is 219 Å². The molecule has 6 aliphatic carbocycles. The molecular weight excluding hydrogens is 730 g/mol. The first-order valence-corrected chi connectivity index (χ1v) is 22.4. The molecule has 0 amide bonds. The molecule has 3 aromatic carbocycles. The second-order valence-electron chi connectivity index (χ2n) is 19.8. The maximum Gasteiger partial charge on any atom is 0.116 e. The third-order valence-corrected chi connectivity index (χ3v) is 14.2. The zero-order chi connectivity index (χ0) is 40.2. The fourth-order valence-corrected chi connectivity index (χ4v) is 11.8. The summed E-state index contributed by atoms with van der Waals surface area (Å²) in [4.78, 5) is 6.98. The molecule has 0 unspecified atom stereocenters. The number of phenols is 1. The fraction of sp³-hybridized carbons (Fsp3) is 0.547. The number of benzene rings is 3. The average Bonchev–Trinajstić information content (AvgIpc) is 3.89. The Balaban J connectivity index is 0.000000145. The summed E-state index contributed by atoms with van der Waals surface area (Å²) < 4.78 is 0. The highest BCUT2D eigenvalue weighted by Crippen LogP contribution is 2.50. The normalized spacial score (nSPS) is 28.1.